The van der Waals surface area contributed by atoms with Gasteiger partial charge >= 0.3 is 12.0 Å². The number of carboxylic acids is 1. The van der Waals surface area contributed by atoms with Crippen molar-refractivity contribution in [2.75, 3.05) is 5.32 Å². The highest BCUT2D eigenvalue weighted by molar-refractivity contribution is 7.13. The molecule has 8 heteroatoms. The van der Waals surface area contributed by atoms with Crippen molar-refractivity contribution in [3.05, 3.63) is 23.2 Å². The van der Waals surface area contributed by atoms with Crippen molar-refractivity contribution in [2.45, 2.75) is 26.2 Å². The number of thiazole rings is 1. The molecule has 0 atom stereocenters. The Hall–Kier alpha value is -2.22. The lowest BCUT2D eigenvalue weighted by Crippen LogP contribution is -2.33. The van der Waals surface area contributed by atoms with Gasteiger partial charge in [0.2, 0.25) is 0 Å². The van der Waals surface area contributed by atoms with Gasteiger partial charge in [-0.25, -0.2) is 14.6 Å². The number of anilines is 1. The van der Waals surface area contributed by atoms with E-state index in [1.807, 2.05) is 31.5 Å². The molecular weight excluding hydrogens is 282 g/mol. The number of nitrogens with zero attached hydrogens (tertiary/aromatic N) is 1. The van der Waals surface area contributed by atoms with E-state index in [0.29, 0.717) is 11.2 Å². The summed E-state index contributed by atoms with van der Waals surface area (Å²) in [7, 11) is 0. The number of carbonyl (C=O) groups excluding carboxylic acids is 2. The van der Waals surface area contributed by atoms with E-state index in [0.717, 1.165) is 11.8 Å². The molecular formula is C12H15N3O4S. The van der Waals surface area contributed by atoms with Crippen LogP contribution in [0.1, 0.15) is 26.5 Å². The van der Waals surface area contributed by atoms with Gasteiger partial charge < -0.3 is 5.11 Å². The second kappa shape index (κ2) is 6.29. The molecule has 0 aliphatic carbocycles. The second-order valence-corrected chi connectivity index (χ2v) is 5.76. The van der Waals surface area contributed by atoms with Gasteiger partial charge in [0.25, 0.3) is 5.91 Å². The highest BCUT2D eigenvalue weighted by atomic mass is 32.1. The van der Waals surface area contributed by atoms with Crippen LogP contribution < -0.4 is 10.6 Å². The fourth-order valence-corrected chi connectivity index (χ4v) is 2.04. The van der Waals surface area contributed by atoms with E-state index in [1.165, 1.54) is 11.3 Å². The van der Waals surface area contributed by atoms with Crippen LogP contribution >= 0.6 is 11.3 Å². The van der Waals surface area contributed by atoms with Crippen LogP contribution in [-0.4, -0.2) is 28.0 Å². The molecule has 3 N–H and O–H groups in total. The summed E-state index contributed by atoms with van der Waals surface area (Å²) in [4.78, 5) is 37.1. The van der Waals surface area contributed by atoms with Crippen molar-refractivity contribution in [3.8, 4) is 0 Å². The maximum Gasteiger partial charge on any atom is 0.328 e. The number of imide groups is 1. The van der Waals surface area contributed by atoms with Crippen LogP contribution in [0.15, 0.2) is 17.5 Å². The Morgan fingerprint density at radius 1 is 1.30 bits per heavy atom. The van der Waals surface area contributed by atoms with E-state index >= 15 is 0 Å². The first-order chi connectivity index (χ1) is 9.18. The number of aliphatic carboxylic acids is 1. The van der Waals surface area contributed by atoms with Gasteiger partial charge in [0, 0.05) is 22.9 Å². The predicted octanol–water partition coefficient (Wildman–Crippen LogP) is 1.73. The maximum absolute atomic E-state index is 11.5. The Balaban J connectivity index is 2.57. The topological polar surface area (TPSA) is 108 Å². The summed E-state index contributed by atoms with van der Waals surface area (Å²) >= 11 is 1.24. The molecule has 7 nitrogen and oxygen atoms in total. The summed E-state index contributed by atoms with van der Waals surface area (Å²) in [5.41, 5.74) is 0.697. The summed E-state index contributed by atoms with van der Waals surface area (Å²) in [5, 5.41) is 14.9. The van der Waals surface area contributed by atoms with Gasteiger partial charge in [0.05, 0.1) is 5.69 Å². The minimum Gasteiger partial charge on any atom is -0.478 e. The Morgan fingerprint density at radius 3 is 2.45 bits per heavy atom. The molecule has 0 saturated heterocycles. The van der Waals surface area contributed by atoms with E-state index in [4.69, 9.17) is 5.11 Å². The molecule has 0 fully saturated rings. The number of carboxylic acid groups (broad SMARTS) is 1. The van der Waals surface area contributed by atoms with E-state index in [2.05, 4.69) is 10.3 Å². The molecule has 1 aromatic rings. The summed E-state index contributed by atoms with van der Waals surface area (Å²) < 4.78 is 0. The van der Waals surface area contributed by atoms with Crippen molar-refractivity contribution in [1.82, 2.24) is 10.3 Å². The first-order valence-electron chi connectivity index (χ1n) is 5.67. The molecule has 20 heavy (non-hydrogen) atoms. The first kappa shape index (κ1) is 15.8. The van der Waals surface area contributed by atoms with Crippen molar-refractivity contribution in [3.63, 3.8) is 0 Å². The first-order valence-corrected chi connectivity index (χ1v) is 6.55. The molecule has 1 heterocycles. The lowest BCUT2D eigenvalue weighted by atomic mass is 9.93. The fraction of sp³-hybridized carbons (Fsp3) is 0.333. The number of urea groups is 1. The van der Waals surface area contributed by atoms with Crippen molar-refractivity contribution < 1.29 is 19.5 Å². The Bertz CT molecular complexity index is 557. The number of hydrogen-bond acceptors (Lipinski definition) is 5. The molecule has 108 valence electrons. The Labute approximate surface area is 119 Å². The third kappa shape index (κ3) is 5.19. The smallest absolute Gasteiger partial charge is 0.328 e. The SMILES string of the molecule is CC(C)(C)c1csc(NC(=O)NC(=O)C=CC(=O)O)n1. The normalized spacial score (nSPS) is 11.3. The molecule has 0 bridgehead atoms. The number of carbonyl (C=O) groups is 3. The lowest BCUT2D eigenvalue weighted by molar-refractivity contribution is -0.131. The van der Waals surface area contributed by atoms with Crippen LogP contribution in [0.5, 0.6) is 0 Å². The third-order valence-corrected chi connectivity index (χ3v) is 2.86. The van der Waals surface area contributed by atoms with Crippen LogP contribution in [0, 0.1) is 0 Å². The van der Waals surface area contributed by atoms with Crippen molar-refractivity contribution >= 4 is 34.4 Å². The quantitative estimate of drug-likeness (QED) is 0.736. The minimum atomic E-state index is -1.27. The Kier molecular flexibility index (Phi) is 4.98. The molecule has 0 radical (unpaired) electrons. The average Bonchev–Trinajstić information content (AvgIpc) is 2.74. The van der Waals surface area contributed by atoms with Crippen LogP contribution in [0.4, 0.5) is 9.93 Å². The lowest BCUT2D eigenvalue weighted by Gasteiger charge is -2.14. The molecule has 0 spiro atoms. The van der Waals surface area contributed by atoms with Gasteiger partial charge in [0.15, 0.2) is 5.13 Å². The average molecular weight is 297 g/mol. The molecule has 0 saturated carbocycles. The van der Waals surface area contributed by atoms with Crippen LogP contribution in [0.3, 0.4) is 0 Å². The predicted molar refractivity (Wildman–Crippen MR) is 74.8 cm³/mol. The largest absolute Gasteiger partial charge is 0.478 e. The van der Waals surface area contributed by atoms with Gasteiger partial charge in [-0.3, -0.25) is 15.4 Å². The van der Waals surface area contributed by atoms with Crippen LogP contribution in [0.25, 0.3) is 0 Å². The van der Waals surface area contributed by atoms with Gasteiger partial charge in [0.1, 0.15) is 0 Å². The van der Waals surface area contributed by atoms with E-state index in [9.17, 15) is 14.4 Å². The zero-order chi connectivity index (χ0) is 15.3. The molecule has 0 aromatic carbocycles. The minimum absolute atomic E-state index is 0.132. The van der Waals surface area contributed by atoms with Crippen molar-refractivity contribution in [2.24, 2.45) is 0 Å². The number of nitrogens with one attached hydrogen (secondary N) is 2. The summed E-state index contributed by atoms with van der Waals surface area (Å²) in [5.74, 6) is -2.09. The van der Waals surface area contributed by atoms with Gasteiger partial charge in [-0.1, -0.05) is 20.8 Å². The monoisotopic (exact) mass is 297 g/mol. The number of rotatable bonds is 3. The van der Waals surface area contributed by atoms with E-state index in [-0.39, 0.29) is 5.41 Å². The molecule has 3 amide bonds. The van der Waals surface area contributed by atoms with Gasteiger partial charge in [-0.15, -0.1) is 11.3 Å². The molecule has 1 rings (SSSR count). The number of aromatic nitrogens is 1. The molecule has 0 aliphatic rings. The van der Waals surface area contributed by atoms with Gasteiger partial charge in [-0.05, 0) is 0 Å². The maximum atomic E-state index is 11.5. The second-order valence-electron chi connectivity index (χ2n) is 4.90. The molecule has 0 unspecified atom stereocenters. The number of hydrogen-bond donors (Lipinski definition) is 3. The zero-order valence-corrected chi connectivity index (χ0v) is 12.1. The summed E-state index contributed by atoms with van der Waals surface area (Å²) in [6.45, 7) is 5.98. The van der Waals surface area contributed by atoms with Gasteiger partial charge in [-0.2, -0.15) is 0 Å². The molecule has 1 aromatic heterocycles. The Morgan fingerprint density at radius 2 is 1.95 bits per heavy atom. The number of amides is 3. The highest BCUT2D eigenvalue weighted by Crippen LogP contribution is 2.26. The van der Waals surface area contributed by atoms with Crippen molar-refractivity contribution in [1.29, 1.82) is 0 Å². The van der Waals surface area contributed by atoms with Crippen LogP contribution in [-0.2, 0) is 15.0 Å². The van der Waals surface area contributed by atoms with E-state index in [1.54, 1.807) is 0 Å². The standard InChI is InChI=1S/C12H15N3O4S/c1-12(2,3)7-6-20-11(13-7)15-10(19)14-8(16)4-5-9(17)18/h4-6H,1-3H3,(H,17,18)(H2,13,14,15,16,19). The highest BCUT2D eigenvalue weighted by Gasteiger charge is 2.18. The van der Waals surface area contributed by atoms with Crippen LogP contribution in [0.2, 0.25) is 0 Å². The third-order valence-electron chi connectivity index (χ3n) is 2.11. The zero-order valence-electron chi connectivity index (χ0n) is 11.3. The molecule has 0 aliphatic heterocycles. The van der Waals surface area contributed by atoms with E-state index < -0.39 is 17.9 Å². The summed E-state index contributed by atoms with van der Waals surface area (Å²) in [6.07, 6.45) is 1.40. The summed E-state index contributed by atoms with van der Waals surface area (Å²) in [6, 6.07) is -0.764. The fourth-order valence-electron chi connectivity index (χ4n) is 1.10.